The van der Waals surface area contributed by atoms with Gasteiger partial charge in [0.2, 0.25) is 0 Å². The van der Waals surface area contributed by atoms with Crippen LogP contribution in [0.1, 0.15) is 6.42 Å². The number of hydrogen-bond acceptors (Lipinski definition) is 7. The van der Waals surface area contributed by atoms with Gasteiger partial charge in [-0.25, -0.2) is 19.9 Å². The van der Waals surface area contributed by atoms with Gasteiger partial charge in [0, 0.05) is 25.5 Å². The van der Waals surface area contributed by atoms with Crippen LogP contribution in [0, 0.1) is 0 Å². The molecule has 0 aliphatic carbocycles. The van der Waals surface area contributed by atoms with Crippen LogP contribution >= 0.6 is 34.7 Å². The first-order valence-corrected chi connectivity index (χ1v) is 11.0. The number of aryl methyl sites for hydroxylation is 2. The monoisotopic (exact) mass is 441 g/mol. The Morgan fingerprint density at radius 3 is 2.76 bits per heavy atom. The number of fused-ring (bicyclic) bond motifs is 2. The molecular formula is C19H16ClN7S2. The van der Waals surface area contributed by atoms with E-state index in [0.29, 0.717) is 16.4 Å². The van der Waals surface area contributed by atoms with Crippen LogP contribution in [-0.4, -0.2) is 29.1 Å². The van der Waals surface area contributed by atoms with Gasteiger partial charge in [0.1, 0.15) is 6.33 Å². The molecule has 0 saturated carbocycles. The second-order valence-electron chi connectivity index (χ2n) is 6.42. The number of imidazole rings is 1. The lowest BCUT2D eigenvalue weighted by atomic mass is 10.3. The molecule has 5 rings (SSSR count). The number of nitrogens with zero attached hydrogens (tertiary/aromatic N) is 6. The van der Waals surface area contributed by atoms with Gasteiger partial charge in [-0.05, 0) is 42.4 Å². The lowest BCUT2D eigenvalue weighted by molar-refractivity contribution is 0.546. The molecule has 0 bridgehead atoms. The van der Waals surface area contributed by atoms with Crippen molar-refractivity contribution in [2.45, 2.75) is 29.0 Å². The molecule has 0 aliphatic heterocycles. The van der Waals surface area contributed by atoms with Gasteiger partial charge in [0.15, 0.2) is 26.5 Å². The summed E-state index contributed by atoms with van der Waals surface area (Å²) in [7, 11) is 0. The molecule has 0 saturated heterocycles. The first-order chi connectivity index (χ1) is 14.2. The fraction of sp³-hybridized carbons (Fsp3) is 0.158. The largest absolute Gasteiger partial charge is 0.382 e. The highest BCUT2D eigenvalue weighted by Gasteiger charge is 2.18. The molecule has 1 aromatic carbocycles. The number of halogens is 1. The van der Waals surface area contributed by atoms with E-state index in [9.17, 15) is 0 Å². The van der Waals surface area contributed by atoms with Crippen molar-refractivity contribution in [3.8, 4) is 0 Å². The molecule has 0 radical (unpaired) electrons. The third-order valence-corrected chi connectivity index (χ3v) is 7.10. The van der Waals surface area contributed by atoms with Crippen molar-refractivity contribution in [2.24, 2.45) is 0 Å². The van der Waals surface area contributed by atoms with Crippen molar-refractivity contribution in [1.29, 1.82) is 0 Å². The van der Waals surface area contributed by atoms with Crippen LogP contribution in [-0.2, 0) is 13.1 Å². The molecule has 2 N–H and O–H groups in total. The maximum absolute atomic E-state index is 6.31. The Morgan fingerprint density at radius 2 is 1.93 bits per heavy atom. The van der Waals surface area contributed by atoms with Crippen molar-refractivity contribution < 1.29 is 0 Å². The van der Waals surface area contributed by atoms with Crippen molar-refractivity contribution in [1.82, 2.24) is 29.1 Å². The van der Waals surface area contributed by atoms with E-state index in [1.165, 1.54) is 18.1 Å². The minimum atomic E-state index is 0.383. The molecular weight excluding hydrogens is 426 g/mol. The maximum Gasteiger partial charge on any atom is 0.177 e. The van der Waals surface area contributed by atoms with Crippen molar-refractivity contribution in [3.05, 3.63) is 54.1 Å². The van der Waals surface area contributed by atoms with Gasteiger partial charge in [0.25, 0.3) is 0 Å². The Kier molecular flexibility index (Phi) is 4.86. The molecule has 7 nitrogen and oxygen atoms in total. The van der Waals surface area contributed by atoms with Gasteiger partial charge in [-0.2, -0.15) is 0 Å². The van der Waals surface area contributed by atoms with E-state index < -0.39 is 0 Å². The zero-order chi connectivity index (χ0) is 19.8. The number of rotatable bonds is 6. The van der Waals surface area contributed by atoms with E-state index in [-0.39, 0.29) is 0 Å². The second kappa shape index (κ2) is 7.66. The molecule has 0 spiro atoms. The fourth-order valence-electron chi connectivity index (χ4n) is 3.16. The van der Waals surface area contributed by atoms with Crippen molar-refractivity contribution in [3.63, 3.8) is 0 Å². The van der Waals surface area contributed by atoms with Crippen LogP contribution in [0.3, 0.4) is 0 Å². The fourth-order valence-corrected chi connectivity index (χ4v) is 5.51. The third-order valence-electron chi connectivity index (χ3n) is 4.52. The molecule has 29 heavy (non-hydrogen) atoms. The van der Waals surface area contributed by atoms with Crippen LogP contribution in [0.15, 0.2) is 58.5 Å². The quantitative estimate of drug-likeness (QED) is 0.410. The molecule has 0 atom stereocenters. The average Bonchev–Trinajstić information content (AvgIpc) is 3.43. The standard InChI is InChI=1S/C19H16ClN7S2/c20-12-5-3-6-13-15(12)28-19(24-13)29-18-25-14-16(21)22-11-23-17(14)27(18)10-4-9-26-7-1-2-8-26/h1-3,5-8,11H,4,9-10H2,(H2,21,22,23). The first kappa shape index (κ1) is 18.4. The Bertz CT molecular complexity index is 1290. The van der Waals surface area contributed by atoms with Gasteiger partial charge in [0.05, 0.1) is 15.2 Å². The molecule has 10 heteroatoms. The maximum atomic E-state index is 6.31. The highest BCUT2D eigenvalue weighted by Crippen LogP contribution is 2.38. The van der Waals surface area contributed by atoms with Crippen molar-refractivity contribution >= 4 is 61.9 Å². The normalized spacial score (nSPS) is 11.6. The summed E-state index contributed by atoms with van der Waals surface area (Å²) in [6.45, 7) is 1.67. The zero-order valence-corrected chi connectivity index (χ0v) is 17.6. The van der Waals surface area contributed by atoms with E-state index in [4.69, 9.17) is 27.3 Å². The average molecular weight is 442 g/mol. The van der Waals surface area contributed by atoms with E-state index >= 15 is 0 Å². The molecule has 0 aliphatic rings. The highest BCUT2D eigenvalue weighted by atomic mass is 35.5. The molecule has 0 unspecified atom stereocenters. The molecule has 0 amide bonds. The molecule has 5 aromatic rings. The Balaban J connectivity index is 1.49. The number of thiazole rings is 1. The number of nitrogen functional groups attached to an aromatic ring is 1. The van der Waals surface area contributed by atoms with E-state index in [2.05, 4.69) is 31.5 Å². The van der Waals surface area contributed by atoms with Gasteiger partial charge < -0.3 is 14.9 Å². The van der Waals surface area contributed by atoms with Crippen molar-refractivity contribution in [2.75, 3.05) is 5.73 Å². The lowest BCUT2D eigenvalue weighted by Crippen LogP contribution is -2.05. The second-order valence-corrected chi connectivity index (χ2v) is 9.04. The summed E-state index contributed by atoms with van der Waals surface area (Å²) >= 11 is 9.37. The van der Waals surface area contributed by atoms with Crippen LogP contribution < -0.4 is 5.73 Å². The lowest BCUT2D eigenvalue weighted by Gasteiger charge is -2.08. The summed E-state index contributed by atoms with van der Waals surface area (Å²) in [6, 6.07) is 9.81. The van der Waals surface area contributed by atoms with E-state index in [1.54, 1.807) is 11.3 Å². The summed E-state index contributed by atoms with van der Waals surface area (Å²) in [5.41, 5.74) is 8.30. The van der Waals surface area contributed by atoms with Gasteiger partial charge in [-0.1, -0.05) is 17.7 Å². The Morgan fingerprint density at radius 1 is 1.07 bits per heavy atom. The predicted molar refractivity (Wildman–Crippen MR) is 118 cm³/mol. The SMILES string of the molecule is Nc1ncnc2c1nc(Sc1nc3cccc(Cl)c3s1)n2CCCn1cccc1. The minimum Gasteiger partial charge on any atom is -0.382 e. The summed E-state index contributed by atoms with van der Waals surface area (Å²) in [4.78, 5) is 17.9. The number of nitrogens with two attached hydrogens (primary N) is 1. The summed E-state index contributed by atoms with van der Waals surface area (Å²) in [6.07, 6.45) is 6.54. The molecule has 0 fully saturated rings. The number of hydrogen-bond donors (Lipinski definition) is 1. The van der Waals surface area contributed by atoms with Gasteiger partial charge in [-0.3, -0.25) is 0 Å². The smallest absolute Gasteiger partial charge is 0.177 e. The predicted octanol–water partition coefficient (Wildman–Crippen LogP) is 4.71. The number of anilines is 1. The number of benzene rings is 1. The van der Waals surface area contributed by atoms with E-state index in [1.807, 2.05) is 30.3 Å². The molecule has 146 valence electrons. The number of aromatic nitrogens is 6. The Hall–Kier alpha value is -2.62. The zero-order valence-electron chi connectivity index (χ0n) is 15.2. The summed E-state index contributed by atoms with van der Waals surface area (Å²) in [5.74, 6) is 0.383. The van der Waals surface area contributed by atoms with Crippen LogP contribution in [0.5, 0.6) is 0 Å². The van der Waals surface area contributed by atoms with Crippen LogP contribution in [0.4, 0.5) is 5.82 Å². The minimum absolute atomic E-state index is 0.383. The van der Waals surface area contributed by atoms with Crippen LogP contribution in [0.25, 0.3) is 21.4 Å². The third kappa shape index (κ3) is 3.57. The molecule has 4 aromatic heterocycles. The van der Waals surface area contributed by atoms with Gasteiger partial charge in [-0.15, -0.1) is 11.3 Å². The topological polar surface area (TPSA) is 87.4 Å². The first-order valence-electron chi connectivity index (χ1n) is 8.99. The summed E-state index contributed by atoms with van der Waals surface area (Å²) in [5, 5.41) is 1.51. The van der Waals surface area contributed by atoms with E-state index in [0.717, 1.165) is 44.9 Å². The molecule has 4 heterocycles. The highest BCUT2D eigenvalue weighted by molar-refractivity contribution is 8.01. The Labute approximate surface area is 179 Å². The summed E-state index contributed by atoms with van der Waals surface area (Å²) < 4.78 is 6.10. The van der Waals surface area contributed by atoms with Crippen LogP contribution in [0.2, 0.25) is 5.02 Å². The van der Waals surface area contributed by atoms with Gasteiger partial charge >= 0.3 is 0 Å².